The van der Waals surface area contributed by atoms with Crippen LogP contribution in [0.25, 0.3) is 0 Å². The molecule has 0 atom stereocenters. The minimum absolute atomic E-state index is 0.00931. The number of halogens is 4. The second-order valence-electron chi connectivity index (χ2n) is 2.97. The van der Waals surface area contributed by atoms with E-state index in [0.717, 1.165) is 4.47 Å². The number of hydrogen-bond acceptors (Lipinski definition) is 4. The summed E-state index contributed by atoms with van der Waals surface area (Å²) in [6.07, 6.45) is 0. The molecule has 1 aromatic carbocycles. The van der Waals surface area contributed by atoms with Gasteiger partial charge >= 0.3 is 0 Å². The van der Waals surface area contributed by atoms with Crippen molar-refractivity contribution < 1.29 is 0 Å². The lowest BCUT2D eigenvalue weighted by Crippen LogP contribution is -1.99. The molecule has 0 saturated heterocycles. The largest absolute Gasteiger partial charge is 0.337 e. The van der Waals surface area contributed by atoms with Crippen molar-refractivity contribution in [3.63, 3.8) is 0 Å². The van der Waals surface area contributed by atoms with E-state index in [1.165, 1.54) is 0 Å². The molecule has 1 N–H and O–H groups in total. The first-order valence-electron chi connectivity index (χ1n) is 4.34. The molecule has 0 unspecified atom stereocenters. The highest BCUT2D eigenvalue weighted by Crippen LogP contribution is 2.30. The van der Waals surface area contributed by atoms with Crippen LogP contribution in [0.4, 0.5) is 11.5 Å². The maximum atomic E-state index is 5.89. The first-order chi connectivity index (χ1) is 8.06. The third-order valence-corrected chi connectivity index (χ3v) is 3.14. The van der Waals surface area contributed by atoms with E-state index in [0.29, 0.717) is 16.5 Å². The fraction of sp³-hybridized carbons (Fsp3) is 0. The Hall–Kier alpha value is -0.620. The monoisotopic (exact) mass is 352 g/mol. The van der Waals surface area contributed by atoms with Crippen LogP contribution in [-0.2, 0) is 0 Å². The maximum Gasteiger partial charge on any atom is 0.245 e. The van der Waals surface area contributed by atoms with Crippen LogP contribution >= 0.6 is 50.7 Å². The lowest BCUT2D eigenvalue weighted by Gasteiger charge is -2.08. The number of aromatic nitrogens is 3. The quantitative estimate of drug-likeness (QED) is 0.872. The SMILES string of the molecule is Clc1ccc(Br)c(Nc2nc(Cl)nnc2Cl)c1. The lowest BCUT2D eigenvalue weighted by molar-refractivity contribution is 0.974. The predicted molar refractivity (Wildman–Crippen MR) is 72.3 cm³/mol. The van der Waals surface area contributed by atoms with Crippen molar-refractivity contribution in [2.24, 2.45) is 0 Å². The summed E-state index contributed by atoms with van der Waals surface area (Å²) >= 11 is 20.7. The smallest absolute Gasteiger partial charge is 0.245 e. The van der Waals surface area contributed by atoms with Gasteiger partial charge in [-0.3, -0.25) is 0 Å². The summed E-state index contributed by atoms with van der Waals surface area (Å²) in [5.41, 5.74) is 0.705. The Labute approximate surface area is 120 Å². The van der Waals surface area contributed by atoms with Gasteiger partial charge in [0.1, 0.15) is 0 Å². The van der Waals surface area contributed by atoms with Gasteiger partial charge in [-0.15, -0.1) is 10.2 Å². The molecule has 0 aliphatic heterocycles. The molecule has 2 rings (SSSR count). The van der Waals surface area contributed by atoms with Gasteiger partial charge in [-0.1, -0.05) is 23.2 Å². The number of anilines is 2. The van der Waals surface area contributed by atoms with E-state index in [-0.39, 0.29) is 10.4 Å². The van der Waals surface area contributed by atoms with Crippen LogP contribution in [0.1, 0.15) is 0 Å². The van der Waals surface area contributed by atoms with Gasteiger partial charge in [0.05, 0.1) is 5.69 Å². The molecule has 0 fully saturated rings. The average molecular weight is 354 g/mol. The summed E-state index contributed by atoms with van der Waals surface area (Å²) in [4.78, 5) is 3.92. The van der Waals surface area contributed by atoms with Crippen molar-refractivity contribution in [2.45, 2.75) is 0 Å². The molecule has 8 heteroatoms. The van der Waals surface area contributed by atoms with Gasteiger partial charge < -0.3 is 5.32 Å². The normalized spacial score (nSPS) is 10.4. The zero-order valence-electron chi connectivity index (χ0n) is 8.09. The van der Waals surface area contributed by atoms with E-state index in [4.69, 9.17) is 34.8 Å². The van der Waals surface area contributed by atoms with Crippen LogP contribution in [-0.4, -0.2) is 15.2 Å². The van der Waals surface area contributed by atoms with Gasteiger partial charge in [0, 0.05) is 9.50 Å². The van der Waals surface area contributed by atoms with Gasteiger partial charge in [0.25, 0.3) is 0 Å². The van der Waals surface area contributed by atoms with Crippen molar-refractivity contribution in [3.05, 3.63) is 38.1 Å². The van der Waals surface area contributed by atoms with E-state index in [9.17, 15) is 0 Å². The molecular formula is C9H4BrCl3N4. The molecule has 1 aromatic heterocycles. The minimum atomic E-state index is 0.00931. The standard InChI is InChI=1S/C9H4BrCl3N4/c10-5-2-1-4(11)3-6(5)14-8-7(12)16-17-9(13)15-8/h1-3H,(H,14,15,17). The molecule has 17 heavy (non-hydrogen) atoms. The van der Waals surface area contributed by atoms with E-state index in [1.807, 2.05) is 0 Å². The lowest BCUT2D eigenvalue weighted by atomic mass is 10.3. The van der Waals surface area contributed by atoms with Crippen molar-refractivity contribution in [1.29, 1.82) is 0 Å². The van der Waals surface area contributed by atoms with E-state index in [1.54, 1.807) is 18.2 Å². The summed E-state index contributed by atoms with van der Waals surface area (Å²) < 4.78 is 0.813. The predicted octanol–water partition coefficient (Wildman–Crippen LogP) is 4.34. The highest BCUT2D eigenvalue weighted by molar-refractivity contribution is 9.10. The van der Waals surface area contributed by atoms with Gasteiger partial charge in [-0.2, -0.15) is 4.98 Å². The molecule has 0 spiro atoms. The second-order valence-corrected chi connectivity index (χ2v) is 4.96. The molecule has 1 heterocycles. The first kappa shape index (κ1) is 12.8. The minimum Gasteiger partial charge on any atom is -0.337 e. The van der Waals surface area contributed by atoms with E-state index < -0.39 is 0 Å². The number of hydrogen-bond donors (Lipinski definition) is 1. The van der Waals surface area contributed by atoms with E-state index >= 15 is 0 Å². The van der Waals surface area contributed by atoms with Crippen molar-refractivity contribution in [3.8, 4) is 0 Å². The molecule has 0 amide bonds. The zero-order chi connectivity index (χ0) is 12.4. The molecule has 4 nitrogen and oxygen atoms in total. The summed E-state index contributed by atoms with van der Waals surface area (Å²) in [6.45, 7) is 0. The summed E-state index contributed by atoms with van der Waals surface area (Å²) in [6, 6.07) is 5.27. The Bertz CT molecular complexity index is 514. The van der Waals surface area contributed by atoms with Crippen molar-refractivity contribution >= 4 is 62.2 Å². The highest BCUT2D eigenvalue weighted by atomic mass is 79.9. The summed E-state index contributed by atoms with van der Waals surface area (Å²) in [5, 5.41) is 10.8. The van der Waals surface area contributed by atoms with Crippen LogP contribution in [0.2, 0.25) is 15.5 Å². The molecule has 88 valence electrons. The molecule has 0 aliphatic rings. The topological polar surface area (TPSA) is 50.7 Å². The molecule has 2 aromatic rings. The highest BCUT2D eigenvalue weighted by Gasteiger charge is 2.08. The fourth-order valence-corrected chi connectivity index (χ4v) is 1.86. The molecular weight excluding hydrogens is 350 g/mol. The third kappa shape index (κ3) is 3.19. The second kappa shape index (κ2) is 5.35. The Morgan fingerprint density at radius 2 is 1.88 bits per heavy atom. The van der Waals surface area contributed by atoms with Gasteiger partial charge in [0.2, 0.25) is 5.28 Å². The Balaban J connectivity index is 2.37. The molecule has 0 bridgehead atoms. The summed E-state index contributed by atoms with van der Waals surface area (Å²) in [7, 11) is 0. The summed E-state index contributed by atoms with van der Waals surface area (Å²) in [5.74, 6) is 0.314. The van der Waals surface area contributed by atoms with Gasteiger partial charge in [-0.25, -0.2) is 0 Å². The first-order valence-corrected chi connectivity index (χ1v) is 6.27. The van der Waals surface area contributed by atoms with Crippen molar-refractivity contribution in [2.75, 3.05) is 5.32 Å². The number of nitrogens with zero attached hydrogens (tertiary/aromatic N) is 3. The number of benzene rings is 1. The van der Waals surface area contributed by atoms with Crippen LogP contribution < -0.4 is 5.32 Å². The maximum absolute atomic E-state index is 5.89. The Kier molecular flexibility index (Phi) is 4.04. The number of rotatable bonds is 2. The Morgan fingerprint density at radius 1 is 1.12 bits per heavy atom. The molecule has 0 radical (unpaired) electrons. The molecule has 0 aliphatic carbocycles. The van der Waals surface area contributed by atoms with Crippen LogP contribution in [0.5, 0.6) is 0 Å². The molecule has 0 saturated carbocycles. The average Bonchev–Trinajstić information content (AvgIpc) is 2.28. The zero-order valence-corrected chi connectivity index (χ0v) is 11.9. The van der Waals surface area contributed by atoms with Crippen molar-refractivity contribution in [1.82, 2.24) is 15.2 Å². The van der Waals surface area contributed by atoms with Crippen LogP contribution in [0, 0.1) is 0 Å². The third-order valence-electron chi connectivity index (χ3n) is 1.80. The van der Waals surface area contributed by atoms with E-state index in [2.05, 4.69) is 36.4 Å². The van der Waals surface area contributed by atoms with Gasteiger partial charge in [0.15, 0.2) is 11.0 Å². The number of nitrogens with one attached hydrogen (secondary N) is 1. The van der Waals surface area contributed by atoms with Crippen LogP contribution in [0.3, 0.4) is 0 Å². The fourth-order valence-electron chi connectivity index (χ4n) is 1.09. The van der Waals surface area contributed by atoms with Crippen LogP contribution in [0.15, 0.2) is 22.7 Å². The Morgan fingerprint density at radius 3 is 2.65 bits per heavy atom. The van der Waals surface area contributed by atoms with Gasteiger partial charge in [-0.05, 0) is 45.7 Å².